The summed E-state index contributed by atoms with van der Waals surface area (Å²) in [6, 6.07) is 5.38. The fourth-order valence-corrected chi connectivity index (χ4v) is 2.09. The largest absolute Gasteiger partial charge is 0.329 e. The predicted molar refractivity (Wildman–Crippen MR) is 68.3 cm³/mol. The molecular weight excluding hydrogens is 215 g/mol. The van der Waals surface area contributed by atoms with Crippen LogP contribution in [0.5, 0.6) is 0 Å². The molecule has 1 fully saturated rings. The molecule has 1 aromatic carbocycles. The highest BCUT2D eigenvalue weighted by molar-refractivity contribution is 5.26. The summed E-state index contributed by atoms with van der Waals surface area (Å²) in [6.07, 6.45) is 3.99. The van der Waals surface area contributed by atoms with Gasteiger partial charge in [-0.25, -0.2) is 4.39 Å². The van der Waals surface area contributed by atoms with Crippen molar-refractivity contribution in [1.82, 2.24) is 5.32 Å². The van der Waals surface area contributed by atoms with Crippen molar-refractivity contribution in [3.63, 3.8) is 0 Å². The van der Waals surface area contributed by atoms with Crippen LogP contribution >= 0.6 is 0 Å². The molecule has 3 N–H and O–H groups in total. The highest BCUT2D eigenvalue weighted by Gasteiger charge is 2.21. The molecule has 0 amide bonds. The van der Waals surface area contributed by atoms with Crippen LogP contribution in [0, 0.1) is 18.7 Å². The van der Waals surface area contributed by atoms with E-state index < -0.39 is 0 Å². The Labute approximate surface area is 102 Å². The lowest BCUT2D eigenvalue weighted by Gasteiger charge is -2.18. The van der Waals surface area contributed by atoms with E-state index in [0.717, 1.165) is 18.0 Å². The third-order valence-corrected chi connectivity index (χ3v) is 3.46. The molecule has 1 atom stereocenters. The molecule has 2 nitrogen and oxygen atoms in total. The van der Waals surface area contributed by atoms with E-state index in [-0.39, 0.29) is 11.9 Å². The van der Waals surface area contributed by atoms with Gasteiger partial charge in [-0.3, -0.25) is 0 Å². The van der Waals surface area contributed by atoms with Gasteiger partial charge in [-0.1, -0.05) is 25.0 Å². The van der Waals surface area contributed by atoms with Crippen molar-refractivity contribution in [2.45, 2.75) is 32.2 Å². The van der Waals surface area contributed by atoms with Crippen molar-refractivity contribution < 1.29 is 4.39 Å². The Balaban J connectivity index is 1.92. The quantitative estimate of drug-likeness (QED) is 0.796. The molecule has 0 aliphatic heterocycles. The van der Waals surface area contributed by atoms with Gasteiger partial charge < -0.3 is 11.1 Å². The predicted octanol–water partition coefficient (Wildman–Crippen LogP) is 2.52. The first kappa shape index (κ1) is 12.5. The SMILES string of the molecule is Cc1cc(C(CN)NCCC2CC2)ccc1F. The summed E-state index contributed by atoms with van der Waals surface area (Å²) < 4.78 is 13.2. The molecule has 1 aliphatic rings. The number of nitrogens with two attached hydrogens (primary N) is 1. The van der Waals surface area contributed by atoms with E-state index in [4.69, 9.17) is 5.73 Å². The summed E-state index contributed by atoms with van der Waals surface area (Å²) >= 11 is 0. The van der Waals surface area contributed by atoms with E-state index in [9.17, 15) is 4.39 Å². The molecule has 0 radical (unpaired) electrons. The molecule has 17 heavy (non-hydrogen) atoms. The van der Waals surface area contributed by atoms with Crippen LogP contribution in [0.1, 0.15) is 36.4 Å². The summed E-state index contributed by atoms with van der Waals surface area (Å²) in [7, 11) is 0. The summed E-state index contributed by atoms with van der Waals surface area (Å²) in [6.45, 7) is 3.34. The third-order valence-electron chi connectivity index (χ3n) is 3.46. The molecule has 0 spiro atoms. The average Bonchev–Trinajstić information content (AvgIpc) is 3.12. The normalized spacial score (nSPS) is 17.1. The topological polar surface area (TPSA) is 38.0 Å². The Hall–Kier alpha value is -0.930. The van der Waals surface area contributed by atoms with E-state index in [1.165, 1.54) is 25.3 Å². The minimum absolute atomic E-state index is 0.146. The molecule has 3 heteroatoms. The standard InChI is InChI=1S/C14H21FN2/c1-10-8-12(4-5-13(10)15)14(9-16)17-7-6-11-2-3-11/h4-5,8,11,14,17H,2-3,6-7,9,16H2,1H3. The van der Waals surface area contributed by atoms with Gasteiger partial charge in [0.05, 0.1) is 0 Å². The maximum absolute atomic E-state index is 13.2. The van der Waals surface area contributed by atoms with Crippen molar-refractivity contribution in [3.05, 3.63) is 35.1 Å². The highest BCUT2D eigenvalue weighted by atomic mass is 19.1. The molecule has 1 aliphatic carbocycles. The van der Waals surface area contributed by atoms with Crippen LogP contribution in [-0.2, 0) is 0 Å². The lowest BCUT2D eigenvalue weighted by atomic mass is 10.0. The minimum atomic E-state index is -0.150. The van der Waals surface area contributed by atoms with Gasteiger partial charge in [-0.15, -0.1) is 0 Å². The van der Waals surface area contributed by atoms with Crippen molar-refractivity contribution >= 4 is 0 Å². The van der Waals surface area contributed by atoms with Gasteiger partial charge >= 0.3 is 0 Å². The van der Waals surface area contributed by atoms with Crippen LogP contribution in [0.3, 0.4) is 0 Å². The summed E-state index contributed by atoms with van der Waals surface area (Å²) in [5.74, 6) is 0.776. The molecule has 1 aromatic rings. The summed E-state index contributed by atoms with van der Waals surface area (Å²) in [4.78, 5) is 0. The first-order valence-electron chi connectivity index (χ1n) is 6.40. The second kappa shape index (κ2) is 5.61. The third kappa shape index (κ3) is 3.51. The number of aryl methyl sites for hydroxylation is 1. The Morgan fingerprint density at radius 3 is 2.82 bits per heavy atom. The molecule has 0 heterocycles. The molecule has 94 valence electrons. The van der Waals surface area contributed by atoms with Crippen LogP contribution in [0.2, 0.25) is 0 Å². The van der Waals surface area contributed by atoms with Crippen LogP contribution < -0.4 is 11.1 Å². The molecular formula is C14H21FN2. The van der Waals surface area contributed by atoms with Gasteiger partial charge in [0.25, 0.3) is 0 Å². The minimum Gasteiger partial charge on any atom is -0.329 e. The lowest BCUT2D eigenvalue weighted by Crippen LogP contribution is -2.29. The van der Waals surface area contributed by atoms with E-state index in [0.29, 0.717) is 12.1 Å². The Kier molecular flexibility index (Phi) is 4.13. The van der Waals surface area contributed by atoms with Crippen molar-refractivity contribution in [2.75, 3.05) is 13.1 Å². The van der Waals surface area contributed by atoms with Gasteiger partial charge in [0.2, 0.25) is 0 Å². The Morgan fingerprint density at radius 2 is 2.24 bits per heavy atom. The van der Waals surface area contributed by atoms with Crippen LogP contribution in [0.15, 0.2) is 18.2 Å². The van der Waals surface area contributed by atoms with E-state index in [1.54, 1.807) is 6.92 Å². The number of rotatable bonds is 6. The fraction of sp³-hybridized carbons (Fsp3) is 0.571. The monoisotopic (exact) mass is 236 g/mol. The number of benzene rings is 1. The summed E-state index contributed by atoms with van der Waals surface area (Å²) in [5.41, 5.74) is 7.54. The van der Waals surface area contributed by atoms with Gasteiger partial charge in [0, 0.05) is 12.6 Å². The second-order valence-electron chi connectivity index (χ2n) is 4.98. The van der Waals surface area contributed by atoms with E-state index in [1.807, 2.05) is 12.1 Å². The van der Waals surface area contributed by atoms with E-state index in [2.05, 4.69) is 5.32 Å². The molecule has 0 bridgehead atoms. The highest BCUT2D eigenvalue weighted by Crippen LogP contribution is 2.31. The smallest absolute Gasteiger partial charge is 0.126 e. The first-order valence-corrected chi connectivity index (χ1v) is 6.40. The zero-order chi connectivity index (χ0) is 12.3. The van der Waals surface area contributed by atoms with Gasteiger partial charge in [0.15, 0.2) is 0 Å². The molecule has 2 rings (SSSR count). The van der Waals surface area contributed by atoms with Crippen LogP contribution in [0.25, 0.3) is 0 Å². The lowest BCUT2D eigenvalue weighted by molar-refractivity contribution is 0.514. The van der Waals surface area contributed by atoms with Crippen LogP contribution in [-0.4, -0.2) is 13.1 Å². The molecule has 1 unspecified atom stereocenters. The Morgan fingerprint density at radius 1 is 1.47 bits per heavy atom. The first-order chi connectivity index (χ1) is 8.20. The van der Waals surface area contributed by atoms with Gasteiger partial charge in [-0.2, -0.15) is 0 Å². The fourth-order valence-electron chi connectivity index (χ4n) is 2.09. The van der Waals surface area contributed by atoms with Gasteiger partial charge in [0.1, 0.15) is 5.82 Å². The van der Waals surface area contributed by atoms with Crippen molar-refractivity contribution in [2.24, 2.45) is 11.7 Å². The maximum atomic E-state index is 13.2. The molecule has 1 saturated carbocycles. The zero-order valence-electron chi connectivity index (χ0n) is 10.4. The van der Waals surface area contributed by atoms with Crippen LogP contribution in [0.4, 0.5) is 4.39 Å². The van der Waals surface area contributed by atoms with Crippen molar-refractivity contribution in [1.29, 1.82) is 0 Å². The number of nitrogens with one attached hydrogen (secondary N) is 1. The number of hydrogen-bond donors (Lipinski definition) is 2. The maximum Gasteiger partial charge on any atom is 0.126 e. The van der Waals surface area contributed by atoms with Crippen molar-refractivity contribution in [3.8, 4) is 0 Å². The zero-order valence-corrected chi connectivity index (χ0v) is 10.4. The average molecular weight is 236 g/mol. The number of hydrogen-bond acceptors (Lipinski definition) is 2. The second-order valence-corrected chi connectivity index (χ2v) is 4.98. The molecule has 0 aromatic heterocycles. The molecule has 0 saturated heterocycles. The van der Waals surface area contributed by atoms with E-state index >= 15 is 0 Å². The Bertz CT molecular complexity index is 374. The summed E-state index contributed by atoms with van der Waals surface area (Å²) in [5, 5.41) is 3.46. The number of halogens is 1. The van der Waals surface area contributed by atoms with Gasteiger partial charge in [-0.05, 0) is 43.0 Å².